The number of Topliss-reactive ketones (excluding diaryl/α,β-unsaturated/α-hetero) is 1. The highest BCUT2D eigenvalue weighted by molar-refractivity contribution is 6.38. The number of hydrogen-bond acceptors (Lipinski definition) is 6. The maximum Gasteiger partial charge on any atom is 0.289 e. The zero-order chi connectivity index (χ0) is 28.5. The molecule has 0 spiro atoms. The molecule has 0 aliphatic heterocycles. The van der Waals surface area contributed by atoms with Crippen LogP contribution in [0, 0.1) is 5.41 Å². The first kappa shape index (κ1) is 31.4. The number of halogens is 2. The van der Waals surface area contributed by atoms with Crippen LogP contribution in [0.3, 0.4) is 0 Å². The Kier molecular flexibility index (Phi) is 11.8. The van der Waals surface area contributed by atoms with Crippen LogP contribution >= 0.6 is 23.2 Å². The van der Waals surface area contributed by atoms with E-state index in [0.717, 1.165) is 12.8 Å². The van der Waals surface area contributed by atoms with E-state index in [4.69, 9.17) is 27.9 Å². The summed E-state index contributed by atoms with van der Waals surface area (Å²) in [6.45, 7) is 7.43. The Bertz CT molecular complexity index is 1040. The van der Waals surface area contributed by atoms with E-state index in [1.165, 1.54) is 12.1 Å². The third kappa shape index (κ3) is 11.3. The lowest BCUT2D eigenvalue weighted by atomic mass is 9.87. The van der Waals surface area contributed by atoms with Gasteiger partial charge in [0.15, 0.2) is 6.61 Å². The van der Waals surface area contributed by atoms with E-state index in [1.807, 2.05) is 20.8 Å². The van der Waals surface area contributed by atoms with Crippen molar-refractivity contribution < 1.29 is 28.7 Å². The van der Waals surface area contributed by atoms with Crippen LogP contribution in [0.15, 0.2) is 18.2 Å². The number of carbonyl (C=O) groups excluding carboxylic acids is 5. The second-order valence-corrected chi connectivity index (χ2v) is 11.3. The smallest absolute Gasteiger partial charge is 0.289 e. The van der Waals surface area contributed by atoms with E-state index < -0.39 is 42.2 Å². The topological polar surface area (TPSA) is 143 Å². The molecule has 2 atom stereocenters. The first-order chi connectivity index (χ1) is 17.8. The number of benzene rings is 1. The van der Waals surface area contributed by atoms with Gasteiger partial charge in [-0.05, 0) is 56.2 Å². The normalized spacial score (nSPS) is 14.6. The summed E-state index contributed by atoms with van der Waals surface area (Å²) in [6.07, 6.45) is 1.68. The second kappa shape index (κ2) is 14.3. The summed E-state index contributed by atoms with van der Waals surface area (Å²) in [5, 5.41) is 11.1. The van der Waals surface area contributed by atoms with E-state index >= 15 is 0 Å². The number of amides is 4. The van der Waals surface area contributed by atoms with E-state index in [9.17, 15) is 24.0 Å². The third-order valence-corrected chi connectivity index (χ3v) is 6.05. The molecule has 0 heterocycles. The summed E-state index contributed by atoms with van der Waals surface area (Å²) < 4.78 is 5.46. The predicted molar refractivity (Wildman–Crippen MR) is 144 cm³/mol. The maximum absolute atomic E-state index is 13.3. The van der Waals surface area contributed by atoms with Gasteiger partial charge in [-0.2, -0.15) is 0 Å². The van der Waals surface area contributed by atoms with Crippen molar-refractivity contribution in [2.45, 2.75) is 77.9 Å². The van der Waals surface area contributed by atoms with Gasteiger partial charge < -0.3 is 26.0 Å². The Labute approximate surface area is 232 Å². The maximum atomic E-state index is 13.3. The largest absolute Gasteiger partial charge is 0.482 e. The zero-order valence-corrected chi connectivity index (χ0v) is 23.6. The quantitative estimate of drug-likeness (QED) is 0.253. The second-order valence-electron chi connectivity index (χ2n) is 10.4. The predicted octanol–water partition coefficient (Wildman–Crippen LogP) is 2.54. The van der Waals surface area contributed by atoms with Gasteiger partial charge in [-0.1, -0.05) is 44.0 Å². The molecule has 1 aromatic carbocycles. The van der Waals surface area contributed by atoms with Crippen molar-refractivity contribution in [1.29, 1.82) is 0 Å². The number of carbonyl (C=O) groups is 5. The highest BCUT2D eigenvalue weighted by Gasteiger charge is 2.34. The van der Waals surface area contributed by atoms with Crippen LogP contribution in [0.1, 0.15) is 59.8 Å². The Morgan fingerprint density at radius 3 is 2.29 bits per heavy atom. The highest BCUT2D eigenvalue weighted by atomic mass is 35.5. The van der Waals surface area contributed by atoms with Crippen molar-refractivity contribution in [3.8, 4) is 5.75 Å². The molecule has 0 bridgehead atoms. The minimum atomic E-state index is -1.23. The minimum absolute atomic E-state index is 0.0479. The van der Waals surface area contributed by atoms with Crippen molar-refractivity contribution in [2.75, 3.05) is 13.2 Å². The molecular formula is C26H36Cl2N4O6. The van der Waals surface area contributed by atoms with Gasteiger partial charge in [0, 0.05) is 24.0 Å². The van der Waals surface area contributed by atoms with E-state index in [1.54, 1.807) is 13.0 Å². The van der Waals surface area contributed by atoms with Gasteiger partial charge in [-0.25, -0.2) is 0 Å². The highest BCUT2D eigenvalue weighted by Crippen LogP contribution is 2.27. The first-order valence-electron chi connectivity index (χ1n) is 12.6. The van der Waals surface area contributed by atoms with E-state index in [2.05, 4.69) is 21.3 Å². The summed E-state index contributed by atoms with van der Waals surface area (Å²) in [7, 11) is 0. The SMILES string of the molecule is CCNC(=O)CCC(NC(=O)C(CC(C)(C)C)NC(=O)COc1ccc(Cl)cc1Cl)C(=O)C(=O)NC1CC1. The minimum Gasteiger partial charge on any atom is -0.482 e. The monoisotopic (exact) mass is 570 g/mol. The van der Waals surface area contributed by atoms with Crippen LogP contribution < -0.4 is 26.0 Å². The molecule has 1 aliphatic carbocycles. The molecule has 12 heteroatoms. The van der Waals surface area contributed by atoms with Crippen molar-refractivity contribution >= 4 is 52.6 Å². The molecule has 210 valence electrons. The number of ether oxygens (including phenoxy) is 1. The summed E-state index contributed by atoms with van der Waals surface area (Å²) >= 11 is 12.0. The summed E-state index contributed by atoms with van der Waals surface area (Å²) in [5.41, 5.74) is -0.375. The Balaban J connectivity index is 2.10. The average molecular weight is 572 g/mol. The van der Waals surface area contributed by atoms with Crippen LogP contribution in [0.4, 0.5) is 0 Å². The summed E-state index contributed by atoms with van der Waals surface area (Å²) in [4.78, 5) is 63.2. The van der Waals surface area contributed by atoms with Crippen LogP contribution in [0.2, 0.25) is 10.0 Å². The number of hydrogen-bond donors (Lipinski definition) is 4. The third-order valence-electron chi connectivity index (χ3n) is 5.52. The van der Waals surface area contributed by atoms with Gasteiger partial charge in [0.2, 0.25) is 17.6 Å². The Hall–Kier alpha value is -2.85. The molecule has 4 amide bonds. The summed E-state index contributed by atoms with van der Waals surface area (Å²) in [6, 6.07) is 2.25. The Morgan fingerprint density at radius 1 is 1.03 bits per heavy atom. The van der Waals surface area contributed by atoms with Gasteiger partial charge in [0.25, 0.3) is 11.8 Å². The lowest BCUT2D eigenvalue weighted by Crippen LogP contribution is -2.55. The van der Waals surface area contributed by atoms with Gasteiger partial charge in [0.05, 0.1) is 11.1 Å². The fraction of sp³-hybridized carbons (Fsp3) is 0.577. The first-order valence-corrected chi connectivity index (χ1v) is 13.3. The molecule has 0 aromatic heterocycles. The zero-order valence-electron chi connectivity index (χ0n) is 22.1. The van der Waals surface area contributed by atoms with Crippen molar-refractivity contribution in [3.63, 3.8) is 0 Å². The van der Waals surface area contributed by atoms with Gasteiger partial charge in [0.1, 0.15) is 11.8 Å². The Morgan fingerprint density at radius 2 is 1.71 bits per heavy atom. The van der Waals surface area contributed by atoms with Crippen molar-refractivity contribution in [1.82, 2.24) is 21.3 Å². The van der Waals surface area contributed by atoms with E-state index in [0.29, 0.717) is 11.6 Å². The van der Waals surface area contributed by atoms with Crippen molar-refractivity contribution in [3.05, 3.63) is 28.2 Å². The van der Waals surface area contributed by atoms with Crippen LogP contribution in [-0.2, 0) is 24.0 Å². The fourth-order valence-electron chi connectivity index (χ4n) is 3.54. The lowest BCUT2D eigenvalue weighted by molar-refractivity contribution is -0.141. The molecule has 1 aliphatic rings. The molecule has 38 heavy (non-hydrogen) atoms. The van der Waals surface area contributed by atoms with Crippen molar-refractivity contribution in [2.24, 2.45) is 5.41 Å². The number of rotatable bonds is 14. The molecule has 4 N–H and O–H groups in total. The van der Waals surface area contributed by atoms with Gasteiger partial charge >= 0.3 is 0 Å². The van der Waals surface area contributed by atoms with Crippen LogP contribution in [0.5, 0.6) is 5.75 Å². The molecular weight excluding hydrogens is 535 g/mol. The summed E-state index contributed by atoms with van der Waals surface area (Å²) in [5.74, 6) is -2.93. The molecule has 1 fully saturated rings. The van der Waals surface area contributed by atoms with Gasteiger partial charge in [-0.3, -0.25) is 24.0 Å². The average Bonchev–Trinajstić information content (AvgIpc) is 3.63. The number of ketones is 1. The fourth-order valence-corrected chi connectivity index (χ4v) is 4.00. The molecule has 2 rings (SSSR count). The molecule has 2 unspecified atom stereocenters. The molecule has 0 radical (unpaired) electrons. The molecule has 0 saturated heterocycles. The molecule has 10 nitrogen and oxygen atoms in total. The lowest BCUT2D eigenvalue weighted by Gasteiger charge is -2.28. The molecule has 1 aromatic rings. The molecule has 1 saturated carbocycles. The van der Waals surface area contributed by atoms with E-state index in [-0.39, 0.29) is 47.4 Å². The number of nitrogens with one attached hydrogen (secondary N) is 4. The standard InChI is InChI=1S/C26H36Cl2N4O6/c1-5-29-21(33)11-9-18(23(35)25(37)30-16-7-8-16)32-24(36)19(13-26(2,3)4)31-22(34)14-38-20-10-6-15(27)12-17(20)28/h6,10,12,16,18-19H,5,7-9,11,13-14H2,1-4H3,(H,29,33)(H,30,37)(H,31,34)(H,32,36). The van der Waals surface area contributed by atoms with Gasteiger partial charge in [-0.15, -0.1) is 0 Å². The van der Waals surface area contributed by atoms with Crippen LogP contribution in [-0.4, -0.2) is 60.7 Å². The van der Waals surface area contributed by atoms with Crippen LogP contribution in [0.25, 0.3) is 0 Å².